The lowest BCUT2D eigenvalue weighted by Gasteiger charge is -2.13. The summed E-state index contributed by atoms with van der Waals surface area (Å²) in [4.78, 5) is 10.9. The van der Waals surface area contributed by atoms with Crippen LogP contribution in [0.3, 0.4) is 0 Å². The Labute approximate surface area is 116 Å². The SMILES string of the molecule is Cc1oc(CN[C@H](C)c2ccccc2F)cc1C(=O)O. The molecule has 0 unspecified atom stereocenters. The maximum Gasteiger partial charge on any atom is 0.339 e. The molecule has 1 aromatic carbocycles. The molecule has 5 heteroatoms. The molecule has 0 radical (unpaired) electrons. The third-order valence-electron chi connectivity index (χ3n) is 3.15. The van der Waals surface area contributed by atoms with Crippen LogP contribution in [-0.2, 0) is 6.54 Å². The zero-order valence-electron chi connectivity index (χ0n) is 11.3. The third kappa shape index (κ3) is 3.05. The minimum absolute atomic E-state index is 0.153. The number of carbonyl (C=O) groups is 1. The smallest absolute Gasteiger partial charge is 0.339 e. The molecule has 4 nitrogen and oxygen atoms in total. The first-order chi connectivity index (χ1) is 9.49. The van der Waals surface area contributed by atoms with Crippen molar-refractivity contribution in [3.05, 3.63) is 58.8 Å². The van der Waals surface area contributed by atoms with Crippen molar-refractivity contribution in [1.82, 2.24) is 5.32 Å². The van der Waals surface area contributed by atoms with Crippen LogP contribution in [0.4, 0.5) is 4.39 Å². The van der Waals surface area contributed by atoms with Gasteiger partial charge >= 0.3 is 5.97 Å². The van der Waals surface area contributed by atoms with Crippen molar-refractivity contribution in [2.24, 2.45) is 0 Å². The van der Waals surface area contributed by atoms with Crippen molar-refractivity contribution in [2.45, 2.75) is 26.4 Å². The van der Waals surface area contributed by atoms with E-state index in [-0.39, 0.29) is 17.4 Å². The number of aryl methyl sites for hydroxylation is 1. The Bertz CT molecular complexity index is 621. The number of nitrogens with one attached hydrogen (secondary N) is 1. The summed E-state index contributed by atoms with van der Waals surface area (Å²) < 4.78 is 19.0. The molecule has 0 aliphatic rings. The Morgan fingerprint density at radius 2 is 2.15 bits per heavy atom. The quantitative estimate of drug-likeness (QED) is 0.880. The fourth-order valence-electron chi connectivity index (χ4n) is 2.03. The van der Waals surface area contributed by atoms with E-state index in [1.165, 1.54) is 12.1 Å². The van der Waals surface area contributed by atoms with Crippen LogP contribution in [0.5, 0.6) is 0 Å². The topological polar surface area (TPSA) is 62.5 Å². The van der Waals surface area contributed by atoms with E-state index in [0.29, 0.717) is 23.6 Å². The predicted octanol–water partition coefficient (Wildman–Crippen LogP) is 3.28. The van der Waals surface area contributed by atoms with Crippen molar-refractivity contribution in [3.8, 4) is 0 Å². The van der Waals surface area contributed by atoms with E-state index in [1.54, 1.807) is 25.1 Å². The first-order valence-electron chi connectivity index (χ1n) is 6.29. The van der Waals surface area contributed by atoms with Crippen LogP contribution < -0.4 is 5.32 Å². The normalized spacial score (nSPS) is 12.3. The van der Waals surface area contributed by atoms with Crippen LogP contribution in [-0.4, -0.2) is 11.1 Å². The van der Waals surface area contributed by atoms with E-state index < -0.39 is 5.97 Å². The summed E-state index contributed by atoms with van der Waals surface area (Å²) >= 11 is 0. The van der Waals surface area contributed by atoms with Crippen LogP contribution >= 0.6 is 0 Å². The molecule has 2 N–H and O–H groups in total. The highest BCUT2D eigenvalue weighted by molar-refractivity contribution is 5.88. The number of rotatable bonds is 5. The Kier molecular flexibility index (Phi) is 4.20. The molecule has 0 saturated heterocycles. The Morgan fingerprint density at radius 1 is 1.45 bits per heavy atom. The first-order valence-corrected chi connectivity index (χ1v) is 6.29. The highest BCUT2D eigenvalue weighted by atomic mass is 19.1. The second kappa shape index (κ2) is 5.88. The number of halogens is 1. The highest BCUT2D eigenvalue weighted by Gasteiger charge is 2.15. The van der Waals surface area contributed by atoms with E-state index in [4.69, 9.17) is 9.52 Å². The molecule has 0 fully saturated rings. The lowest BCUT2D eigenvalue weighted by atomic mass is 10.1. The van der Waals surface area contributed by atoms with Gasteiger partial charge in [-0.2, -0.15) is 0 Å². The van der Waals surface area contributed by atoms with Crippen molar-refractivity contribution < 1.29 is 18.7 Å². The van der Waals surface area contributed by atoms with Crippen LogP contribution in [0.2, 0.25) is 0 Å². The van der Waals surface area contributed by atoms with Crippen molar-refractivity contribution in [1.29, 1.82) is 0 Å². The summed E-state index contributed by atoms with van der Waals surface area (Å²) in [6, 6.07) is 7.82. The minimum atomic E-state index is -1.01. The Hall–Kier alpha value is -2.14. The van der Waals surface area contributed by atoms with Gasteiger partial charge in [0.2, 0.25) is 0 Å². The van der Waals surface area contributed by atoms with Gasteiger partial charge < -0.3 is 14.8 Å². The van der Waals surface area contributed by atoms with Crippen LogP contribution in [0, 0.1) is 12.7 Å². The number of benzene rings is 1. The molecule has 0 bridgehead atoms. The minimum Gasteiger partial charge on any atom is -0.478 e. The van der Waals surface area contributed by atoms with Gasteiger partial charge in [0.05, 0.1) is 6.54 Å². The molecule has 20 heavy (non-hydrogen) atoms. The largest absolute Gasteiger partial charge is 0.478 e. The average Bonchev–Trinajstić information content (AvgIpc) is 2.78. The summed E-state index contributed by atoms with van der Waals surface area (Å²) in [5.41, 5.74) is 0.717. The zero-order valence-corrected chi connectivity index (χ0v) is 11.3. The van der Waals surface area contributed by atoms with Crippen molar-refractivity contribution in [3.63, 3.8) is 0 Å². The molecule has 106 valence electrons. The van der Waals surface area contributed by atoms with Crippen LogP contribution in [0.25, 0.3) is 0 Å². The zero-order chi connectivity index (χ0) is 14.7. The van der Waals surface area contributed by atoms with E-state index in [1.807, 2.05) is 6.92 Å². The molecule has 0 spiro atoms. The van der Waals surface area contributed by atoms with E-state index in [0.717, 1.165) is 0 Å². The molecule has 1 atom stereocenters. The summed E-state index contributed by atoms with van der Waals surface area (Å²) in [6.45, 7) is 3.78. The van der Waals surface area contributed by atoms with Gasteiger partial charge in [0.15, 0.2) is 0 Å². The second-order valence-corrected chi connectivity index (χ2v) is 4.61. The maximum absolute atomic E-state index is 13.6. The monoisotopic (exact) mass is 277 g/mol. The van der Waals surface area contributed by atoms with Crippen molar-refractivity contribution >= 4 is 5.97 Å². The number of hydrogen-bond acceptors (Lipinski definition) is 3. The molecular formula is C15H16FNO3. The Balaban J connectivity index is 2.04. The van der Waals surface area contributed by atoms with E-state index >= 15 is 0 Å². The summed E-state index contributed by atoms with van der Waals surface area (Å²) in [5.74, 6) is -0.398. The number of carboxylic acids is 1. The lowest BCUT2D eigenvalue weighted by molar-refractivity contribution is 0.0695. The number of aromatic carboxylic acids is 1. The second-order valence-electron chi connectivity index (χ2n) is 4.61. The number of carboxylic acid groups (broad SMARTS) is 1. The molecule has 0 amide bonds. The molecular weight excluding hydrogens is 261 g/mol. The molecule has 0 aliphatic heterocycles. The fraction of sp³-hybridized carbons (Fsp3) is 0.267. The van der Waals surface area contributed by atoms with E-state index in [9.17, 15) is 9.18 Å². The van der Waals surface area contributed by atoms with Gasteiger partial charge in [-0.15, -0.1) is 0 Å². The first kappa shape index (κ1) is 14.3. The van der Waals surface area contributed by atoms with Crippen LogP contribution in [0.15, 0.2) is 34.7 Å². The fourth-order valence-corrected chi connectivity index (χ4v) is 2.03. The van der Waals surface area contributed by atoms with Gasteiger partial charge in [-0.3, -0.25) is 0 Å². The van der Waals surface area contributed by atoms with Gasteiger partial charge in [-0.05, 0) is 26.0 Å². The highest BCUT2D eigenvalue weighted by Crippen LogP contribution is 2.18. The third-order valence-corrected chi connectivity index (χ3v) is 3.15. The van der Waals surface area contributed by atoms with Gasteiger partial charge in [0.1, 0.15) is 22.9 Å². The van der Waals surface area contributed by atoms with Gasteiger partial charge in [0.25, 0.3) is 0 Å². The number of furan rings is 1. The summed E-state index contributed by atoms with van der Waals surface area (Å²) in [6.07, 6.45) is 0. The average molecular weight is 277 g/mol. The van der Waals surface area contributed by atoms with Crippen molar-refractivity contribution in [2.75, 3.05) is 0 Å². The number of hydrogen-bond donors (Lipinski definition) is 2. The molecule has 2 aromatic rings. The standard InChI is InChI=1S/C15H16FNO3/c1-9(12-5-3-4-6-14(12)16)17-8-11-7-13(15(18)19)10(2)20-11/h3-7,9,17H,8H2,1-2H3,(H,18,19)/t9-/m1/s1. The molecule has 1 heterocycles. The Morgan fingerprint density at radius 3 is 2.75 bits per heavy atom. The summed E-state index contributed by atoms with van der Waals surface area (Å²) in [5, 5.41) is 12.0. The van der Waals surface area contributed by atoms with E-state index in [2.05, 4.69) is 5.32 Å². The molecule has 0 aliphatic carbocycles. The summed E-state index contributed by atoms with van der Waals surface area (Å²) in [7, 11) is 0. The van der Waals surface area contributed by atoms with Gasteiger partial charge in [0, 0.05) is 11.6 Å². The molecule has 0 saturated carbocycles. The van der Waals surface area contributed by atoms with Gasteiger partial charge in [-0.25, -0.2) is 9.18 Å². The van der Waals surface area contributed by atoms with Crippen LogP contribution in [0.1, 0.15) is 40.4 Å². The molecule has 1 aromatic heterocycles. The predicted molar refractivity (Wildman–Crippen MR) is 72.1 cm³/mol. The lowest BCUT2D eigenvalue weighted by Crippen LogP contribution is -2.18. The molecule has 2 rings (SSSR count). The maximum atomic E-state index is 13.6. The van der Waals surface area contributed by atoms with Gasteiger partial charge in [-0.1, -0.05) is 18.2 Å².